The lowest BCUT2D eigenvalue weighted by atomic mass is 10.1. The number of halogens is 1. The third-order valence-corrected chi connectivity index (χ3v) is 4.15. The number of alkyl halides is 1. The average Bonchev–Trinajstić information content (AvgIpc) is 3.04. The molecule has 0 spiro atoms. The van der Waals surface area contributed by atoms with Crippen LogP contribution in [0.3, 0.4) is 0 Å². The zero-order chi connectivity index (χ0) is 18.7. The number of unbranched alkanes of at least 4 members (excludes halogenated alkanes) is 1. The van der Waals surface area contributed by atoms with Gasteiger partial charge in [-0.15, -0.1) is 11.6 Å². The molecule has 0 aliphatic heterocycles. The van der Waals surface area contributed by atoms with Crippen LogP contribution in [0.25, 0.3) is 11.1 Å². The summed E-state index contributed by atoms with van der Waals surface area (Å²) in [6, 6.07) is 5.51. The van der Waals surface area contributed by atoms with E-state index < -0.39 is 0 Å². The van der Waals surface area contributed by atoms with Gasteiger partial charge in [-0.1, -0.05) is 53.4 Å². The Balaban J connectivity index is 0.000000705. The van der Waals surface area contributed by atoms with Gasteiger partial charge in [-0.05, 0) is 31.0 Å². The summed E-state index contributed by atoms with van der Waals surface area (Å²) in [4.78, 5) is 16.6. The molecule has 0 unspecified atom stereocenters. The summed E-state index contributed by atoms with van der Waals surface area (Å²) in [5.74, 6) is 0.643. The highest BCUT2D eigenvalue weighted by atomic mass is 35.5. The fraction of sp³-hybridized carbons (Fsp3) is 0.600. The molecule has 0 fully saturated rings. The Labute approximate surface area is 156 Å². The van der Waals surface area contributed by atoms with Crippen LogP contribution in [-0.4, -0.2) is 16.9 Å². The van der Waals surface area contributed by atoms with Crippen LogP contribution in [0, 0.1) is 0 Å². The van der Waals surface area contributed by atoms with E-state index in [1.807, 2.05) is 0 Å². The van der Waals surface area contributed by atoms with Crippen molar-refractivity contribution in [2.24, 2.45) is 0 Å². The summed E-state index contributed by atoms with van der Waals surface area (Å²) in [5, 5.41) is 3.10. The molecule has 4 nitrogen and oxygen atoms in total. The van der Waals surface area contributed by atoms with Crippen LogP contribution in [-0.2, 0) is 5.88 Å². The predicted molar refractivity (Wildman–Crippen MR) is 105 cm³/mol. The second-order valence-corrected chi connectivity index (χ2v) is 6.44. The lowest BCUT2D eigenvalue weighted by molar-refractivity contribution is 0.0932. The molecule has 0 radical (unpaired) electrons. The van der Waals surface area contributed by atoms with Gasteiger partial charge >= 0.3 is 0 Å². The molecule has 1 heterocycles. The molecule has 0 aliphatic carbocycles. The van der Waals surface area contributed by atoms with Gasteiger partial charge in [-0.3, -0.25) is 4.79 Å². The molecule has 1 aromatic heterocycles. The number of benzene rings is 1. The van der Waals surface area contributed by atoms with Crippen LogP contribution in [0.15, 0.2) is 22.6 Å². The Hall–Kier alpha value is -1.55. The van der Waals surface area contributed by atoms with Crippen molar-refractivity contribution in [2.45, 2.75) is 78.1 Å². The third-order valence-electron chi connectivity index (χ3n) is 3.92. The largest absolute Gasteiger partial charge is 0.439 e. The molecule has 1 aromatic carbocycles. The maximum atomic E-state index is 12.3. The van der Waals surface area contributed by atoms with Crippen LogP contribution in [0.5, 0.6) is 0 Å². The highest BCUT2D eigenvalue weighted by Crippen LogP contribution is 2.18. The lowest BCUT2D eigenvalue weighted by Crippen LogP contribution is -2.34. The topological polar surface area (TPSA) is 55.1 Å². The van der Waals surface area contributed by atoms with Crippen LogP contribution in [0.1, 0.15) is 82.5 Å². The maximum Gasteiger partial charge on any atom is 0.251 e. The van der Waals surface area contributed by atoms with E-state index in [-0.39, 0.29) is 17.8 Å². The van der Waals surface area contributed by atoms with Crippen molar-refractivity contribution in [1.82, 2.24) is 10.3 Å². The molecule has 2 aromatic rings. The van der Waals surface area contributed by atoms with Crippen molar-refractivity contribution in [1.29, 1.82) is 0 Å². The van der Waals surface area contributed by atoms with Gasteiger partial charge in [0.1, 0.15) is 5.52 Å². The number of carbonyl (C=O) groups is 1. The number of hydrogen-bond donors (Lipinski definition) is 1. The van der Waals surface area contributed by atoms with Crippen molar-refractivity contribution in [3.8, 4) is 0 Å². The molecule has 140 valence electrons. The Morgan fingerprint density at radius 1 is 1.12 bits per heavy atom. The molecule has 0 bridgehead atoms. The van der Waals surface area contributed by atoms with Crippen molar-refractivity contribution in [2.75, 3.05) is 0 Å². The molecule has 25 heavy (non-hydrogen) atoms. The smallest absolute Gasteiger partial charge is 0.251 e. The van der Waals surface area contributed by atoms with Crippen LogP contribution in [0.4, 0.5) is 0 Å². The first-order chi connectivity index (χ1) is 12.1. The number of nitrogens with zero attached hydrogens (tertiary/aromatic N) is 1. The summed E-state index contributed by atoms with van der Waals surface area (Å²) >= 11 is 5.70. The Bertz CT molecular complexity index is 632. The van der Waals surface area contributed by atoms with E-state index in [4.69, 9.17) is 16.0 Å². The number of fused-ring (bicyclic) bond motifs is 1. The van der Waals surface area contributed by atoms with Crippen molar-refractivity contribution in [3.05, 3.63) is 29.7 Å². The zero-order valence-electron chi connectivity index (χ0n) is 15.9. The minimum Gasteiger partial charge on any atom is -0.439 e. The van der Waals surface area contributed by atoms with Crippen LogP contribution < -0.4 is 5.32 Å². The third kappa shape index (κ3) is 7.07. The Morgan fingerprint density at radius 2 is 1.76 bits per heavy atom. The quantitative estimate of drug-likeness (QED) is 0.576. The SMILES string of the molecule is CCCC.CCCC(CCC)NC(=O)c1ccc2oc(CCl)nc2c1. The summed E-state index contributed by atoms with van der Waals surface area (Å²) in [6.07, 6.45) is 6.77. The van der Waals surface area contributed by atoms with E-state index in [1.165, 1.54) is 12.8 Å². The van der Waals surface area contributed by atoms with Crippen LogP contribution >= 0.6 is 11.6 Å². The van der Waals surface area contributed by atoms with E-state index in [9.17, 15) is 4.79 Å². The standard InChI is InChI=1S/C16H21ClN2O2.C4H10/c1-3-5-12(6-4-2)18-16(20)11-7-8-14-13(9-11)19-15(10-17)21-14;1-3-4-2/h7-9,12H,3-6,10H2,1-2H3,(H,18,20);3-4H2,1-2H3. The zero-order valence-corrected chi connectivity index (χ0v) is 16.7. The van der Waals surface area contributed by atoms with Crippen molar-refractivity contribution >= 4 is 28.6 Å². The Morgan fingerprint density at radius 3 is 2.28 bits per heavy atom. The van der Waals surface area contributed by atoms with Gasteiger partial charge in [0.15, 0.2) is 5.58 Å². The highest BCUT2D eigenvalue weighted by molar-refractivity contribution is 6.16. The monoisotopic (exact) mass is 366 g/mol. The number of nitrogens with one attached hydrogen (secondary N) is 1. The number of rotatable bonds is 8. The maximum absolute atomic E-state index is 12.3. The van der Waals surface area contributed by atoms with E-state index in [1.54, 1.807) is 18.2 Å². The van der Waals surface area contributed by atoms with Gasteiger partial charge in [0.2, 0.25) is 5.89 Å². The van der Waals surface area contributed by atoms with Gasteiger partial charge in [0, 0.05) is 11.6 Å². The molecule has 1 amide bonds. The minimum absolute atomic E-state index is 0.0563. The molecule has 0 aliphatic rings. The van der Waals surface area contributed by atoms with E-state index >= 15 is 0 Å². The average molecular weight is 367 g/mol. The van der Waals surface area contributed by atoms with Gasteiger partial charge in [0.25, 0.3) is 5.91 Å². The number of carbonyl (C=O) groups excluding carboxylic acids is 1. The van der Waals surface area contributed by atoms with Gasteiger partial charge < -0.3 is 9.73 Å². The molecule has 0 saturated carbocycles. The first-order valence-electron chi connectivity index (χ1n) is 9.35. The normalized spacial score (nSPS) is 10.6. The minimum atomic E-state index is -0.0563. The van der Waals surface area contributed by atoms with Gasteiger partial charge in [-0.25, -0.2) is 4.98 Å². The fourth-order valence-electron chi connectivity index (χ4n) is 2.43. The van der Waals surface area contributed by atoms with Crippen molar-refractivity contribution in [3.63, 3.8) is 0 Å². The summed E-state index contributed by atoms with van der Waals surface area (Å²) in [6.45, 7) is 8.62. The number of oxazole rings is 1. The first kappa shape index (κ1) is 21.5. The molecule has 5 heteroatoms. The first-order valence-corrected chi connectivity index (χ1v) is 9.89. The summed E-state index contributed by atoms with van der Waals surface area (Å²) < 4.78 is 5.44. The van der Waals surface area contributed by atoms with Crippen LogP contribution in [0.2, 0.25) is 0 Å². The van der Waals surface area contributed by atoms with E-state index in [0.29, 0.717) is 22.6 Å². The summed E-state index contributed by atoms with van der Waals surface area (Å²) in [5.41, 5.74) is 1.93. The van der Waals surface area contributed by atoms with E-state index in [0.717, 1.165) is 25.7 Å². The van der Waals surface area contributed by atoms with Gasteiger partial charge in [0.05, 0.1) is 5.88 Å². The molecule has 2 rings (SSSR count). The van der Waals surface area contributed by atoms with Gasteiger partial charge in [-0.2, -0.15) is 0 Å². The number of amides is 1. The lowest BCUT2D eigenvalue weighted by Gasteiger charge is -2.17. The number of aromatic nitrogens is 1. The predicted octanol–water partition coefficient (Wildman–Crippen LogP) is 6.07. The van der Waals surface area contributed by atoms with Crippen molar-refractivity contribution < 1.29 is 9.21 Å². The molecular weight excluding hydrogens is 336 g/mol. The molecular formula is C20H31ClN2O2. The Kier molecular flexibility index (Phi) is 10.2. The van der Waals surface area contributed by atoms with E-state index in [2.05, 4.69) is 38.0 Å². The second-order valence-electron chi connectivity index (χ2n) is 6.17. The fourth-order valence-corrected chi connectivity index (χ4v) is 2.54. The molecule has 1 N–H and O–H groups in total. The molecule has 0 atom stereocenters. The number of hydrogen-bond acceptors (Lipinski definition) is 3. The summed E-state index contributed by atoms with van der Waals surface area (Å²) in [7, 11) is 0. The second kappa shape index (κ2) is 11.9. The highest BCUT2D eigenvalue weighted by Gasteiger charge is 2.14. The molecule has 0 saturated heterocycles.